The van der Waals surface area contributed by atoms with Gasteiger partial charge in [-0.1, -0.05) is 26.0 Å². The Balaban J connectivity index is 1.70. The Labute approximate surface area is 134 Å². The SMILES string of the molecule is CC(C)c1ccc(C(=O)Nc2ccc(-n3cnnc3)nc2)cc1. The number of hydrogen-bond acceptors (Lipinski definition) is 4. The predicted molar refractivity (Wildman–Crippen MR) is 87.6 cm³/mol. The number of rotatable bonds is 4. The molecular weight excluding hydrogens is 290 g/mol. The van der Waals surface area contributed by atoms with E-state index in [9.17, 15) is 4.79 Å². The molecule has 1 amide bonds. The second kappa shape index (κ2) is 6.39. The van der Waals surface area contributed by atoms with Crippen molar-refractivity contribution in [1.29, 1.82) is 0 Å². The van der Waals surface area contributed by atoms with Crippen molar-refractivity contribution in [3.63, 3.8) is 0 Å². The van der Waals surface area contributed by atoms with Crippen LogP contribution in [0.4, 0.5) is 5.69 Å². The summed E-state index contributed by atoms with van der Waals surface area (Å²) >= 11 is 0. The van der Waals surface area contributed by atoms with Crippen molar-refractivity contribution in [2.45, 2.75) is 19.8 Å². The van der Waals surface area contributed by atoms with Gasteiger partial charge in [0.2, 0.25) is 0 Å². The minimum absolute atomic E-state index is 0.154. The predicted octanol–water partition coefficient (Wildman–Crippen LogP) is 3.04. The summed E-state index contributed by atoms with van der Waals surface area (Å²) in [5.41, 5.74) is 2.47. The fraction of sp³-hybridized carbons (Fsp3) is 0.176. The second-order valence-electron chi connectivity index (χ2n) is 5.51. The topological polar surface area (TPSA) is 72.7 Å². The van der Waals surface area contributed by atoms with Crippen LogP contribution in [0.5, 0.6) is 0 Å². The Morgan fingerprint density at radius 3 is 2.30 bits per heavy atom. The summed E-state index contributed by atoms with van der Waals surface area (Å²) in [4.78, 5) is 16.5. The maximum absolute atomic E-state index is 12.2. The Morgan fingerprint density at radius 1 is 1.04 bits per heavy atom. The third-order valence-corrected chi connectivity index (χ3v) is 3.53. The zero-order valence-corrected chi connectivity index (χ0v) is 13.0. The number of benzene rings is 1. The highest BCUT2D eigenvalue weighted by Gasteiger charge is 2.07. The van der Waals surface area contributed by atoms with E-state index in [2.05, 4.69) is 34.3 Å². The molecule has 6 nitrogen and oxygen atoms in total. The van der Waals surface area contributed by atoms with Gasteiger partial charge in [0.05, 0.1) is 11.9 Å². The number of aromatic nitrogens is 4. The monoisotopic (exact) mass is 307 g/mol. The molecule has 0 aliphatic rings. The maximum Gasteiger partial charge on any atom is 0.255 e. The quantitative estimate of drug-likeness (QED) is 0.804. The zero-order chi connectivity index (χ0) is 16.2. The first-order chi connectivity index (χ1) is 11.1. The number of carbonyl (C=O) groups excluding carboxylic acids is 1. The average Bonchev–Trinajstić information content (AvgIpc) is 3.10. The fourth-order valence-electron chi connectivity index (χ4n) is 2.15. The number of nitrogens with one attached hydrogen (secondary N) is 1. The molecule has 0 aliphatic heterocycles. The summed E-state index contributed by atoms with van der Waals surface area (Å²) in [5.74, 6) is 0.981. The van der Waals surface area contributed by atoms with Gasteiger partial charge in [-0.3, -0.25) is 9.36 Å². The van der Waals surface area contributed by atoms with E-state index in [1.807, 2.05) is 24.3 Å². The van der Waals surface area contributed by atoms with Crippen LogP contribution in [0.25, 0.3) is 5.82 Å². The van der Waals surface area contributed by atoms with Gasteiger partial charge in [-0.2, -0.15) is 0 Å². The standard InChI is InChI=1S/C17H17N5O/c1-12(2)13-3-5-14(6-4-13)17(23)21-15-7-8-16(18-9-15)22-10-19-20-11-22/h3-12H,1-2H3,(H,21,23). The maximum atomic E-state index is 12.2. The largest absolute Gasteiger partial charge is 0.321 e. The number of amides is 1. The van der Waals surface area contributed by atoms with Crippen LogP contribution in [0.1, 0.15) is 35.7 Å². The van der Waals surface area contributed by atoms with Crippen molar-refractivity contribution >= 4 is 11.6 Å². The first-order valence-electron chi connectivity index (χ1n) is 7.36. The van der Waals surface area contributed by atoms with Gasteiger partial charge in [-0.05, 0) is 35.7 Å². The number of carbonyl (C=O) groups is 1. The molecule has 1 aromatic carbocycles. The molecule has 2 heterocycles. The van der Waals surface area contributed by atoms with Crippen molar-refractivity contribution < 1.29 is 4.79 Å². The third kappa shape index (κ3) is 3.42. The number of anilines is 1. The molecule has 2 aromatic heterocycles. The van der Waals surface area contributed by atoms with Gasteiger partial charge in [-0.15, -0.1) is 10.2 Å². The lowest BCUT2D eigenvalue weighted by molar-refractivity contribution is 0.102. The van der Waals surface area contributed by atoms with Crippen LogP contribution in [-0.2, 0) is 0 Å². The van der Waals surface area contributed by atoms with Gasteiger partial charge < -0.3 is 5.32 Å². The normalized spacial score (nSPS) is 10.7. The summed E-state index contributed by atoms with van der Waals surface area (Å²) in [7, 11) is 0. The lowest BCUT2D eigenvalue weighted by Crippen LogP contribution is -2.12. The molecule has 0 saturated heterocycles. The first-order valence-corrected chi connectivity index (χ1v) is 7.36. The Hall–Kier alpha value is -3.02. The highest BCUT2D eigenvalue weighted by Crippen LogP contribution is 2.16. The molecule has 23 heavy (non-hydrogen) atoms. The van der Waals surface area contributed by atoms with Gasteiger partial charge in [-0.25, -0.2) is 4.98 Å². The van der Waals surface area contributed by atoms with Crippen molar-refractivity contribution in [1.82, 2.24) is 19.7 Å². The van der Waals surface area contributed by atoms with Crippen LogP contribution < -0.4 is 5.32 Å². The molecule has 0 spiro atoms. The minimum Gasteiger partial charge on any atom is -0.321 e. The van der Waals surface area contributed by atoms with Crippen LogP contribution in [0.3, 0.4) is 0 Å². The van der Waals surface area contributed by atoms with Crippen molar-refractivity contribution in [3.05, 3.63) is 66.4 Å². The molecule has 0 bridgehead atoms. The van der Waals surface area contributed by atoms with Gasteiger partial charge >= 0.3 is 0 Å². The Kier molecular flexibility index (Phi) is 4.14. The summed E-state index contributed by atoms with van der Waals surface area (Å²) in [5, 5.41) is 10.3. The van der Waals surface area contributed by atoms with Crippen molar-refractivity contribution in [2.24, 2.45) is 0 Å². The van der Waals surface area contributed by atoms with Gasteiger partial charge in [0, 0.05) is 5.56 Å². The summed E-state index contributed by atoms with van der Waals surface area (Å²) in [6.45, 7) is 4.25. The van der Waals surface area contributed by atoms with Gasteiger partial charge in [0.15, 0.2) is 0 Å². The minimum atomic E-state index is -0.154. The van der Waals surface area contributed by atoms with Crippen molar-refractivity contribution in [3.8, 4) is 5.82 Å². The number of nitrogens with zero attached hydrogens (tertiary/aromatic N) is 4. The van der Waals surface area contributed by atoms with E-state index in [-0.39, 0.29) is 5.91 Å². The van der Waals surface area contributed by atoms with Crippen LogP contribution in [0.2, 0.25) is 0 Å². The summed E-state index contributed by atoms with van der Waals surface area (Å²) < 4.78 is 1.69. The van der Waals surface area contributed by atoms with E-state index < -0.39 is 0 Å². The zero-order valence-electron chi connectivity index (χ0n) is 13.0. The molecule has 3 rings (SSSR count). The molecule has 3 aromatic rings. The first kappa shape index (κ1) is 14.9. The molecule has 0 fully saturated rings. The molecule has 0 atom stereocenters. The fourth-order valence-corrected chi connectivity index (χ4v) is 2.15. The van der Waals surface area contributed by atoms with E-state index in [1.54, 1.807) is 35.6 Å². The summed E-state index contributed by atoms with van der Waals surface area (Å²) in [6, 6.07) is 11.2. The lowest BCUT2D eigenvalue weighted by atomic mass is 10.0. The number of pyridine rings is 1. The van der Waals surface area contributed by atoms with Crippen LogP contribution >= 0.6 is 0 Å². The van der Waals surface area contributed by atoms with E-state index in [0.717, 1.165) is 0 Å². The van der Waals surface area contributed by atoms with Gasteiger partial charge in [0.25, 0.3) is 5.91 Å². The third-order valence-electron chi connectivity index (χ3n) is 3.53. The Morgan fingerprint density at radius 2 is 1.74 bits per heavy atom. The van der Waals surface area contributed by atoms with Crippen molar-refractivity contribution in [2.75, 3.05) is 5.32 Å². The molecule has 116 valence electrons. The molecule has 6 heteroatoms. The van der Waals surface area contributed by atoms with Crippen LogP contribution in [0.15, 0.2) is 55.2 Å². The highest BCUT2D eigenvalue weighted by molar-refractivity contribution is 6.04. The smallest absolute Gasteiger partial charge is 0.255 e. The van der Waals surface area contributed by atoms with E-state index in [1.165, 1.54) is 5.56 Å². The molecule has 0 radical (unpaired) electrons. The van der Waals surface area contributed by atoms with E-state index >= 15 is 0 Å². The second-order valence-corrected chi connectivity index (χ2v) is 5.51. The van der Waals surface area contributed by atoms with E-state index in [0.29, 0.717) is 23.0 Å². The van der Waals surface area contributed by atoms with E-state index in [4.69, 9.17) is 0 Å². The Bertz CT molecular complexity index is 777. The highest BCUT2D eigenvalue weighted by atomic mass is 16.1. The molecule has 1 N–H and O–H groups in total. The van der Waals surface area contributed by atoms with Crippen LogP contribution in [0, 0.1) is 0 Å². The lowest BCUT2D eigenvalue weighted by Gasteiger charge is -2.08. The molecule has 0 aliphatic carbocycles. The van der Waals surface area contributed by atoms with Gasteiger partial charge in [0.1, 0.15) is 18.5 Å². The number of hydrogen-bond donors (Lipinski definition) is 1. The molecular formula is C17H17N5O. The summed E-state index contributed by atoms with van der Waals surface area (Å²) in [6.07, 6.45) is 4.74. The van der Waals surface area contributed by atoms with Crippen LogP contribution in [-0.4, -0.2) is 25.7 Å². The molecule has 0 saturated carbocycles. The average molecular weight is 307 g/mol. The molecule has 0 unspecified atom stereocenters.